The van der Waals surface area contributed by atoms with Crippen molar-refractivity contribution in [2.75, 3.05) is 0 Å². The summed E-state index contributed by atoms with van der Waals surface area (Å²) in [6.07, 6.45) is 2.21. The number of rotatable bonds is 6. The average molecular weight is 316 g/mol. The molecule has 0 radical (unpaired) electrons. The smallest absolute Gasteiger partial charge is 0.336 e. The van der Waals surface area contributed by atoms with E-state index in [0.717, 1.165) is 17.4 Å². The molecule has 20 heavy (non-hydrogen) atoms. The van der Waals surface area contributed by atoms with E-state index in [2.05, 4.69) is 9.71 Å². The summed E-state index contributed by atoms with van der Waals surface area (Å²) in [5, 5.41) is 10.0. The summed E-state index contributed by atoms with van der Waals surface area (Å²) in [5.74, 6) is -0.230. The van der Waals surface area contributed by atoms with Crippen LogP contribution in [0.25, 0.3) is 0 Å². The lowest BCUT2D eigenvalue weighted by atomic mass is 10.4. The molecule has 0 bridgehead atoms. The van der Waals surface area contributed by atoms with E-state index < -0.39 is 16.0 Å². The third kappa shape index (κ3) is 3.24. The van der Waals surface area contributed by atoms with Crippen molar-refractivity contribution < 1.29 is 22.7 Å². The topological polar surface area (TPSA) is 110 Å². The molecule has 108 valence electrons. The van der Waals surface area contributed by atoms with Crippen molar-refractivity contribution in [2.24, 2.45) is 0 Å². The molecule has 2 N–H and O–H groups in total. The van der Waals surface area contributed by atoms with Gasteiger partial charge in [0.15, 0.2) is 0 Å². The highest BCUT2D eigenvalue weighted by Crippen LogP contribution is 2.20. The Balaban J connectivity index is 2.08. The maximum absolute atomic E-state index is 12.0. The van der Waals surface area contributed by atoms with Crippen LogP contribution in [0.2, 0.25) is 0 Å². The van der Waals surface area contributed by atoms with E-state index in [1.54, 1.807) is 0 Å². The van der Waals surface area contributed by atoms with Gasteiger partial charge in [0.1, 0.15) is 9.97 Å². The summed E-state index contributed by atoms with van der Waals surface area (Å²) in [4.78, 5) is 14.7. The number of sulfonamides is 1. The number of aromatic carboxylic acids is 1. The molecule has 9 heteroatoms. The van der Waals surface area contributed by atoms with E-state index in [1.165, 1.54) is 11.6 Å². The molecule has 0 saturated heterocycles. The predicted molar refractivity (Wildman–Crippen MR) is 71.2 cm³/mol. The van der Waals surface area contributed by atoms with Crippen LogP contribution in [-0.2, 0) is 23.0 Å². The third-order valence-electron chi connectivity index (χ3n) is 2.45. The molecule has 2 aromatic rings. The van der Waals surface area contributed by atoms with Crippen molar-refractivity contribution in [2.45, 2.75) is 24.1 Å². The predicted octanol–water partition coefficient (Wildman–Crippen LogP) is 1.48. The van der Waals surface area contributed by atoms with Crippen molar-refractivity contribution in [1.29, 1.82) is 0 Å². The summed E-state index contributed by atoms with van der Waals surface area (Å²) in [5.41, 5.74) is -0.0558. The molecule has 0 aliphatic rings. The van der Waals surface area contributed by atoms with Gasteiger partial charge in [-0.15, -0.1) is 11.3 Å². The second-order valence-electron chi connectivity index (χ2n) is 3.86. The van der Waals surface area contributed by atoms with Crippen LogP contribution in [0.15, 0.2) is 26.3 Å². The van der Waals surface area contributed by atoms with Crippen LogP contribution >= 0.6 is 11.3 Å². The molecule has 0 unspecified atom stereocenters. The standard InChI is InChI=1S/C11H12N2O5S2/c1-2-8-4-12-9(18-8)5-13-20(16,17)10-3-7(6-19-10)11(14)15/h3-4,6,13H,2,5H2,1H3,(H,14,15). The van der Waals surface area contributed by atoms with Crippen LogP contribution in [0.5, 0.6) is 0 Å². The number of hydrogen-bond donors (Lipinski definition) is 2. The molecule has 0 aromatic carbocycles. The molecule has 2 heterocycles. The number of carboxylic acids is 1. The largest absolute Gasteiger partial charge is 0.478 e. The number of thiophene rings is 1. The van der Waals surface area contributed by atoms with Crippen LogP contribution in [0.1, 0.15) is 28.9 Å². The number of nitrogens with zero attached hydrogens (tertiary/aromatic N) is 1. The lowest BCUT2D eigenvalue weighted by Gasteiger charge is -2.01. The Bertz CT molecular complexity index is 717. The first-order valence-electron chi connectivity index (χ1n) is 5.67. The lowest BCUT2D eigenvalue weighted by molar-refractivity contribution is 0.0697. The Morgan fingerprint density at radius 3 is 2.85 bits per heavy atom. The molecule has 0 aliphatic heterocycles. The molecular formula is C11H12N2O5S2. The van der Waals surface area contributed by atoms with Gasteiger partial charge in [-0.25, -0.2) is 22.9 Å². The van der Waals surface area contributed by atoms with Gasteiger partial charge in [-0.2, -0.15) is 0 Å². The van der Waals surface area contributed by atoms with Crippen LogP contribution in [0.4, 0.5) is 0 Å². The Kier molecular flexibility index (Phi) is 4.21. The minimum atomic E-state index is -3.76. The van der Waals surface area contributed by atoms with E-state index in [1.807, 2.05) is 6.92 Å². The Morgan fingerprint density at radius 2 is 2.30 bits per heavy atom. The van der Waals surface area contributed by atoms with Crippen LogP contribution in [0, 0.1) is 0 Å². The summed E-state index contributed by atoms with van der Waals surface area (Å²) in [7, 11) is -3.76. The highest BCUT2D eigenvalue weighted by Gasteiger charge is 2.19. The lowest BCUT2D eigenvalue weighted by Crippen LogP contribution is -2.22. The molecule has 7 nitrogen and oxygen atoms in total. The molecular weight excluding hydrogens is 304 g/mol. The van der Waals surface area contributed by atoms with Crippen LogP contribution in [-0.4, -0.2) is 24.5 Å². The Morgan fingerprint density at radius 1 is 1.55 bits per heavy atom. The number of oxazole rings is 1. The molecule has 0 fully saturated rings. The number of hydrogen-bond acceptors (Lipinski definition) is 6. The van der Waals surface area contributed by atoms with E-state index in [4.69, 9.17) is 9.52 Å². The van der Waals surface area contributed by atoms with E-state index >= 15 is 0 Å². The molecule has 0 saturated carbocycles. The first-order chi connectivity index (χ1) is 9.42. The van der Waals surface area contributed by atoms with E-state index in [-0.39, 0.29) is 22.2 Å². The molecule has 0 spiro atoms. The Labute approximate surface area is 119 Å². The van der Waals surface area contributed by atoms with Crippen molar-refractivity contribution in [3.05, 3.63) is 34.9 Å². The fourth-order valence-electron chi connectivity index (χ4n) is 1.39. The quantitative estimate of drug-likeness (QED) is 0.835. The summed E-state index contributed by atoms with van der Waals surface area (Å²) >= 11 is 0.847. The third-order valence-corrected chi connectivity index (χ3v) is 5.29. The van der Waals surface area contributed by atoms with Crippen LogP contribution < -0.4 is 4.72 Å². The Hall–Kier alpha value is -1.71. The van der Waals surface area contributed by atoms with Crippen molar-refractivity contribution in [3.8, 4) is 0 Å². The summed E-state index contributed by atoms with van der Waals surface area (Å²) < 4.78 is 31.4. The van der Waals surface area contributed by atoms with Crippen molar-refractivity contribution in [1.82, 2.24) is 9.71 Å². The first-order valence-corrected chi connectivity index (χ1v) is 8.03. The summed E-state index contributed by atoms with van der Waals surface area (Å²) in [6.45, 7) is 1.82. The van der Waals surface area contributed by atoms with Gasteiger partial charge in [-0.1, -0.05) is 6.92 Å². The molecule has 2 rings (SSSR count). The first kappa shape index (κ1) is 14.7. The second-order valence-corrected chi connectivity index (χ2v) is 6.76. The van der Waals surface area contributed by atoms with Crippen LogP contribution in [0.3, 0.4) is 0 Å². The zero-order valence-electron chi connectivity index (χ0n) is 10.5. The van der Waals surface area contributed by atoms with Gasteiger partial charge in [-0.3, -0.25) is 0 Å². The monoisotopic (exact) mass is 316 g/mol. The number of carbonyl (C=O) groups is 1. The zero-order valence-corrected chi connectivity index (χ0v) is 12.1. The van der Waals surface area contributed by atoms with Gasteiger partial charge in [0, 0.05) is 11.8 Å². The van der Waals surface area contributed by atoms with Gasteiger partial charge >= 0.3 is 5.97 Å². The van der Waals surface area contributed by atoms with Gasteiger partial charge < -0.3 is 9.52 Å². The maximum atomic E-state index is 12.0. The van der Waals surface area contributed by atoms with Gasteiger partial charge in [-0.05, 0) is 6.07 Å². The normalized spacial score (nSPS) is 11.7. The van der Waals surface area contributed by atoms with Gasteiger partial charge in [0.25, 0.3) is 10.0 Å². The van der Waals surface area contributed by atoms with Crippen molar-refractivity contribution >= 4 is 27.3 Å². The highest BCUT2D eigenvalue weighted by molar-refractivity contribution is 7.91. The maximum Gasteiger partial charge on any atom is 0.336 e. The number of carboxylic acid groups (broad SMARTS) is 1. The molecule has 0 atom stereocenters. The number of aryl methyl sites for hydroxylation is 1. The van der Waals surface area contributed by atoms with Gasteiger partial charge in [0.2, 0.25) is 5.89 Å². The second kappa shape index (κ2) is 5.73. The number of nitrogens with one attached hydrogen (secondary N) is 1. The molecule has 0 amide bonds. The fourth-order valence-corrected chi connectivity index (χ4v) is 3.56. The average Bonchev–Trinajstić information content (AvgIpc) is 3.05. The fraction of sp³-hybridized carbons (Fsp3) is 0.273. The zero-order chi connectivity index (χ0) is 14.8. The molecule has 2 aromatic heterocycles. The SMILES string of the molecule is CCc1cnc(CNS(=O)(=O)c2cc(C(=O)O)cs2)o1. The summed E-state index contributed by atoms with van der Waals surface area (Å²) in [6, 6.07) is 1.11. The molecule has 0 aliphatic carbocycles. The van der Waals surface area contributed by atoms with E-state index in [0.29, 0.717) is 12.2 Å². The minimum Gasteiger partial charge on any atom is -0.478 e. The minimum absolute atomic E-state index is 0.0558. The van der Waals surface area contributed by atoms with E-state index in [9.17, 15) is 13.2 Å². The number of aromatic nitrogens is 1. The van der Waals surface area contributed by atoms with Crippen molar-refractivity contribution in [3.63, 3.8) is 0 Å². The highest BCUT2D eigenvalue weighted by atomic mass is 32.2. The van der Waals surface area contributed by atoms with Gasteiger partial charge in [0.05, 0.1) is 18.3 Å².